The maximum Gasteiger partial charge on any atom is 0.329 e. The smallest absolute Gasteiger partial charge is 0.329 e. The van der Waals surface area contributed by atoms with Gasteiger partial charge in [0.15, 0.2) is 0 Å². The summed E-state index contributed by atoms with van der Waals surface area (Å²) >= 11 is 11.8. The van der Waals surface area contributed by atoms with Gasteiger partial charge in [-0.1, -0.05) is 23.2 Å². The van der Waals surface area contributed by atoms with Crippen molar-refractivity contribution in [1.82, 2.24) is 5.43 Å². The lowest BCUT2D eigenvalue weighted by Crippen LogP contribution is -2.33. The Balaban J connectivity index is 1.91. The fourth-order valence-corrected chi connectivity index (χ4v) is 2.79. The number of methoxy groups -OCH3 is 2. The zero-order valence-electron chi connectivity index (χ0n) is 16.9. The molecule has 11 heteroatoms. The largest absolute Gasteiger partial charge is 0.497 e. The number of nitrogens with zero attached hydrogens (tertiary/aromatic N) is 1. The second-order valence-corrected chi connectivity index (χ2v) is 7.00. The molecule has 0 bridgehead atoms. The number of hydrogen-bond acceptors (Lipinski definition) is 6. The SMILES string of the molecule is COc1ccc(NC(=O)C(=O)N/N=C(\C)CC(=O)Nc2ccc(Cl)cc2Cl)c(OC)c1. The minimum atomic E-state index is -1.02. The monoisotopic (exact) mass is 466 g/mol. The number of hydrogen-bond donors (Lipinski definition) is 3. The number of ether oxygens (including phenoxy) is 2. The van der Waals surface area contributed by atoms with Crippen molar-refractivity contribution in [2.45, 2.75) is 13.3 Å². The summed E-state index contributed by atoms with van der Waals surface area (Å²) in [4.78, 5) is 36.2. The highest BCUT2D eigenvalue weighted by molar-refractivity contribution is 6.40. The Hall–Kier alpha value is -3.30. The molecule has 2 aromatic rings. The Labute approximate surface area is 188 Å². The number of carbonyl (C=O) groups is 3. The van der Waals surface area contributed by atoms with Crippen molar-refractivity contribution in [1.29, 1.82) is 0 Å². The molecule has 0 spiro atoms. The maximum atomic E-state index is 12.1. The quantitative estimate of drug-likeness (QED) is 0.328. The molecule has 2 aromatic carbocycles. The Kier molecular flexibility index (Phi) is 8.65. The number of hydrazone groups is 1. The summed E-state index contributed by atoms with van der Waals surface area (Å²) in [5, 5.41) is 9.51. The van der Waals surface area contributed by atoms with E-state index in [-0.39, 0.29) is 22.8 Å². The molecule has 0 saturated heterocycles. The highest BCUT2D eigenvalue weighted by atomic mass is 35.5. The summed E-state index contributed by atoms with van der Waals surface area (Å²) in [6, 6.07) is 9.33. The van der Waals surface area contributed by atoms with Crippen LogP contribution >= 0.6 is 23.2 Å². The van der Waals surface area contributed by atoms with Crippen LogP contribution in [0.2, 0.25) is 10.0 Å². The molecule has 0 aliphatic heterocycles. The van der Waals surface area contributed by atoms with Gasteiger partial charge in [-0.2, -0.15) is 5.10 Å². The first-order chi connectivity index (χ1) is 14.7. The molecule has 0 radical (unpaired) electrons. The van der Waals surface area contributed by atoms with Crippen LogP contribution in [0.5, 0.6) is 11.5 Å². The van der Waals surface area contributed by atoms with Gasteiger partial charge in [0.25, 0.3) is 0 Å². The van der Waals surface area contributed by atoms with E-state index in [9.17, 15) is 14.4 Å². The van der Waals surface area contributed by atoms with E-state index in [1.165, 1.54) is 33.3 Å². The van der Waals surface area contributed by atoms with Gasteiger partial charge in [0.1, 0.15) is 11.5 Å². The van der Waals surface area contributed by atoms with Crippen molar-refractivity contribution in [2.75, 3.05) is 24.9 Å². The number of anilines is 2. The third kappa shape index (κ3) is 7.16. The van der Waals surface area contributed by atoms with Gasteiger partial charge in [0, 0.05) is 16.8 Å². The molecule has 0 saturated carbocycles. The van der Waals surface area contributed by atoms with Crippen LogP contribution in [0, 0.1) is 0 Å². The lowest BCUT2D eigenvalue weighted by molar-refractivity contribution is -0.136. The first-order valence-electron chi connectivity index (χ1n) is 8.85. The second-order valence-electron chi connectivity index (χ2n) is 6.16. The summed E-state index contributed by atoms with van der Waals surface area (Å²) in [7, 11) is 2.91. The van der Waals surface area contributed by atoms with E-state index in [0.29, 0.717) is 22.2 Å². The van der Waals surface area contributed by atoms with Crippen molar-refractivity contribution in [3.05, 3.63) is 46.4 Å². The van der Waals surface area contributed by atoms with Gasteiger partial charge in [0.05, 0.1) is 37.0 Å². The topological polar surface area (TPSA) is 118 Å². The number of amides is 3. The van der Waals surface area contributed by atoms with Crippen molar-refractivity contribution in [2.24, 2.45) is 5.10 Å². The summed E-state index contributed by atoms with van der Waals surface area (Å²) in [6.45, 7) is 1.52. The van der Waals surface area contributed by atoms with Gasteiger partial charge in [-0.25, -0.2) is 5.43 Å². The fourth-order valence-electron chi connectivity index (χ4n) is 2.33. The van der Waals surface area contributed by atoms with Crippen LogP contribution in [0.25, 0.3) is 0 Å². The van der Waals surface area contributed by atoms with Crippen LogP contribution < -0.4 is 25.5 Å². The molecule has 0 aromatic heterocycles. The third-order valence-corrected chi connectivity index (χ3v) is 4.38. The zero-order chi connectivity index (χ0) is 23.0. The molecule has 31 heavy (non-hydrogen) atoms. The second kappa shape index (κ2) is 11.2. The van der Waals surface area contributed by atoms with E-state index in [2.05, 4.69) is 21.2 Å². The molecule has 3 amide bonds. The van der Waals surface area contributed by atoms with Crippen molar-refractivity contribution in [3.63, 3.8) is 0 Å². The minimum Gasteiger partial charge on any atom is -0.497 e. The Morgan fingerprint density at radius 2 is 1.65 bits per heavy atom. The van der Waals surface area contributed by atoms with E-state index in [1.807, 2.05) is 0 Å². The van der Waals surface area contributed by atoms with Crippen molar-refractivity contribution < 1.29 is 23.9 Å². The standard InChI is InChI=1S/C20H20Cl2N4O5/c1-11(8-18(27)23-15-6-4-12(21)9-14(15)22)25-26-20(29)19(28)24-16-7-5-13(30-2)10-17(16)31-3/h4-7,9-10H,8H2,1-3H3,(H,23,27)(H,24,28)(H,26,29)/b25-11+. The highest BCUT2D eigenvalue weighted by Gasteiger charge is 2.16. The van der Waals surface area contributed by atoms with Gasteiger partial charge < -0.3 is 20.1 Å². The van der Waals surface area contributed by atoms with Crippen LogP contribution in [0.3, 0.4) is 0 Å². The van der Waals surface area contributed by atoms with Crippen LogP contribution in [-0.4, -0.2) is 37.7 Å². The fraction of sp³-hybridized carbons (Fsp3) is 0.200. The molecule has 0 aliphatic rings. The summed E-state index contributed by atoms with van der Waals surface area (Å²) < 4.78 is 10.2. The molecule has 2 rings (SSSR count). The first-order valence-corrected chi connectivity index (χ1v) is 9.60. The lowest BCUT2D eigenvalue weighted by atomic mass is 10.2. The van der Waals surface area contributed by atoms with Crippen LogP contribution in [0.1, 0.15) is 13.3 Å². The van der Waals surface area contributed by atoms with Crippen LogP contribution in [0.4, 0.5) is 11.4 Å². The van der Waals surface area contributed by atoms with Crippen molar-refractivity contribution >= 4 is 58.0 Å². The normalized spacial score (nSPS) is 10.8. The lowest BCUT2D eigenvalue weighted by Gasteiger charge is -2.11. The molecular weight excluding hydrogens is 447 g/mol. The molecule has 0 atom stereocenters. The van der Waals surface area contributed by atoms with Crippen LogP contribution in [-0.2, 0) is 14.4 Å². The molecule has 164 valence electrons. The maximum absolute atomic E-state index is 12.1. The predicted octanol–water partition coefficient (Wildman–Crippen LogP) is 3.47. The minimum absolute atomic E-state index is 0.132. The Morgan fingerprint density at radius 3 is 2.29 bits per heavy atom. The number of carbonyl (C=O) groups excluding carboxylic acids is 3. The number of halogens is 2. The average molecular weight is 467 g/mol. The predicted molar refractivity (Wildman–Crippen MR) is 119 cm³/mol. The molecule has 0 fully saturated rings. The van der Waals surface area contributed by atoms with Gasteiger partial charge in [-0.3, -0.25) is 14.4 Å². The van der Waals surface area contributed by atoms with Crippen molar-refractivity contribution in [3.8, 4) is 11.5 Å². The van der Waals surface area contributed by atoms with Gasteiger partial charge in [-0.15, -0.1) is 0 Å². The molecular formula is C20H20Cl2N4O5. The van der Waals surface area contributed by atoms with E-state index >= 15 is 0 Å². The van der Waals surface area contributed by atoms with Gasteiger partial charge in [-0.05, 0) is 37.3 Å². The van der Waals surface area contributed by atoms with Crippen LogP contribution in [0.15, 0.2) is 41.5 Å². The highest BCUT2D eigenvalue weighted by Crippen LogP contribution is 2.29. The Bertz CT molecular complexity index is 1030. The molecule has 3 N–H and O–H groups in total. The van der Waals surface area contributed by atoms with E-state index in [4.69, 9.17) is 32.7 Å². The third-order valence-electron chi connectivity index (χ3n) is 3.83. The summed E-state index contributed by atoms with van der Waals surface area (Å²) in [5.74, 6) is -1.54. The zero-order valence-corrected chi connectivity index (χ0v) is 18.4. The summed E-state index contributed by atoms with van der Waals surface area (Å²) in [6.07, 6.45) is -0.132. The molecule has 9 nitrogen and oxygen atoms in total. The van der Waals surface area contributed by atoms with E-state index < -0.39 is 17.7 Å². The summed E-state index contributed by atoms with van der Waals surface area (Å²) in [5.41, 5.74) is 3.04. The average Bonchev–Trinajstić information content (AvgIpc) is 2.74. The van der Waals surface area contributed by atoms with Gasteiger partial charge in [0.2, 0.25) is 5.91 Å². The van der Waals surface area contributed by atoms with E-state index in [1.54, 1.807) is 24.3 Å². The number of nitrogens with one attached hydrogen (secondary N) is 3. The Morgan fingerprint density at radius 1 is 0.935 bits per heavy atom. The molecule has 0 unspecified atom stereocenters. The van der Waals surface area contributed by atoms with E-state index in [0.717, 1.165) is 0 Å². The molecule has 0 heterocycles. The first kappa shape index (κ1) is 24.0. The van der Waals surface area contributed by atoms with Gasteiger partial charge >= 0.3 is 11.8 Å². The number of benzene rings is 2. The number of rotatable bonds is 7. The molecule has 0 aliphatic carbocycles.